The highest BCUT2D eigenvalue weighted by atomic mass is 16.2. The highest BCUT2D eigenvalue weighted by Crippen LogP contribution is 2.37. The molecule has 1 unspecified atom stereocenters. The summed E-state index contributed by atoms with van der Waals surface area (Å²) in [5, 5.41) is 3.33. The lowest BCUT2D eigenvalue weighted by molar-refractivity contribution is -0.120. The number of hydrogen-bond donors (Lipinski definition) is 1. The number of carbonyl (C=O) groups is 1. The molecule has 0 spiro atoms. The molecule has 0 aromatic heterocycles. The molecule has 2 heterocycles. The second-order valence-electron chi connectivity index (χ2n) is 5.17. The van der Waals surface area contributed by atoms with Crippen molar-refractivity contribution in [2.75, 3.05) is 36.0 Å². The summed E-state index contributed by atoms with van der Waals surface area (Å²) in [6.45, 7) is 7.57. The number of benzene rings is 1. The van der Waals surface area contributed by atoms with Crippen molar-refractivity contribution in [3.63, 3.8) is 0 Å². The number of amides is 1. The third-order valence-corrected chi connectivity index (χ3v) is 4.16. The average Bonchev–Trinajstić information content (AvgIpc) is 2.47. The number of carbonyl (C=O) groups excluding carboxylic acids is 1. The maximum absolute atomic E-state index is 12.6. The number of piperazine rings is 1. The summed E-state index contributed by atoms with van der Waals surface area (Å²) in [6.07, 6.45) is 1.03. The van der Waals surface area contributed by atoms with Crippen LogP contribution in [0.3, 0.4) is 0 Å². The number of fused-ring (bicyclic) bond motifs is 3. The average molecular weight is 259 g/mol. The van der Waals surface area contributed by atoms with Crippen LogP contribution in [0.2, 0.25) is 0 Å². The van der Waals surface area contributed by atoms with Gasteiger partial charge in [0.15, 0.2) is 0 Å². The molecule has 0 bridgehead atoms. The standard InChI is InChI=1S/C15H21N3O/c1-3-11-5-6-12-13(9-11)18-8-7-16-10-14(18)15(19)17(12)4-2/h5-6,9,14,16H,3-4,7-8,10H2,1-2H3. The van der Waals surface area contributed by atoms with Crippen molar-refractivity contribution in [2.45, 2.75) is 26.3 Å². The fourth-order valence-electron chi connectivity index (χ4n) is 3.09. The summed E-state index contributed by atoms with van der Waals surface area (Å²) in [6, 6.07) is 6.46. The van der Waals surface area contributed by atoms with E-state index in [1.807, 2.05) is 11.8 Å². The van der Waals surface area contributed by atoms with E-state index in [9.17, 15) is 4.79 Å². The van der Waals surface area contributed by atoms with Gasteiger partial charge in [0.05, 0.1) is 11.4 Å². The van der Waals surface area contributed by atoms with Gasteiger partial charge in [0.2, 0.25) is 0 Å². The van der Waals surface area contributed by atoms with Gasteiger partial charge in [0, 0.05) is 26.2 Å². The molecule has 1 aromatic rings. The van der Waals surface area contributed by atoms with Crippen LogP contribution in [0.4, 0.5) is 11.4 Å². The molecular weight excluding hydrogens is 238 g/mol. The van der Waals surface area contributed by atoms with Crippen molar-refractivity contribution in [1.82, 2.24) is 5.32 Å². The third-order valence-electron chi connectivity index (χ3n) is 4.16. The number of nitrogens with one attached hydrogen (secondary N) is 1. The lowest BCUT2D eigenvalue weighted by atomic mass is 10.0. The van der Waals surface area contributed by atoms with Gasteiger partial charge in [-0.15, -0.1) is 0 Å². The Balaban J connectivity index is 2.10. The first kappa shape index (κ1) is 12.5. The fraction of sp³-hybridized carbons (Fsp3) is 0.533. The van der Waals surface area contributed by atoms with E-state index in [4.69, 9.17) is 0 Å². The maximum atomic E-state index is 12.6. The van der Waals surface area contributed by atoms with Crippen molar-refractivity contribution in [1.29, 1.82) is 0 Å². The van der Waals surface area contributed by atoms with Crippen LogP contribution < -0.4 is 15.1 Å². The van der Waals surface area contributed by atoms with E-state index in [2.05, 4.69) is 35.3 Å². The van der Waals surface area contributed by atoms with E-state index < -0.39 is 0 Å². The molecule has 2 aliphatic rings. The Labute approximate surface area is 114 Å². The molecule has 102 valence electrons. The molecule has 0 saturated carbocycles. The van der Waals surface area contributed by atoms with Gasteiger partial charge in [-0.2, -0.15) is 0 Å². The van der Waals surface area contributed by atoms with Crippen molar-refractivity contribution < 1.29 is 4.79 Å². The van der Waals surface area contributed by atoms with E-state index in [1.165, 1.54) is 11.3 Å². The van der Waals surface area contributed by atoms with Gasteiger partial charge < -0.3 is 15.1 Å². The Morgan fingerprint density at radius 2 is 2.16 bits per heavy atom. The normalized spacial score (nSPS) is 22.2. The van der Waals surface area contributed by atoms with Crippen LogP contribution in [0, 0.1) is 0 Å². The quantitative estimate of drug-likeness (QED) is 0.872. The molecule has 3 rings (SSSR count). The van der Waals surface area contributed by atoms with Crippen LogP contribution in [-0.4, -0.2) is 38.1 Å². The Kier molecular flexibility index (Phi) is 3.19. The van der Waals surface area contributed by atoms with Crippen molar-refractivity contribution in [3.05, 3.63) is 23.8 Å². The molecule has 1 N–H and O–H groups in total. The van der Waals surface area contributed by atoms with Crippen LogP contribution in [-0.2, 0) is 11.2 Å². The molecule has 1 saturated heterocycles. The predicted molar refractivity (Wildman–Crippen MR) is 77.9 cm³/mol. The summed E-state index contributed by atoms with van der Waals surface area (Å²) in [5.74, 6) is 0.228. The first-order valence-electron chi connectivity index (χ1n) is 7.18. The Bertz CT molecular complexity index is 500. The van der Waals surface area contributed by atoms with Crippen molar-refractivity contribution in [2.24, 2.45) is 0 Å². The molecule has 1 fully saturated rings. The number of anilines is 2. The monoisotopic (exact) mass is 259 g/mol. The van der Waals surface area contributed by atoms with E-state index >= 15 is 0 Å². The van der Waals surface area contributed by atoms with Crippen LogP contribution in [0.1, 0.15) is 19.4 Å². The molecule has 4 nitrogen and oxygen atoms in total. The highest BCUT2D eigenvalue weighted by molar-refractivity contribution is 6.05. The minimum atomic E-state index is -0.0340. The van der Waals surface area contributed by atoms with Crippen molar-refractivity contribution >= 4 is 17.3 Å². The molecule has 2 aliphatic heterocycles. The molecule has 4 heteroatoms. The number of likely N-dealkylation sites (N-methyl/N-ethyl adjacent to an activating group) is 1. The zero-order valence-corrected chi connectivity index (χ0v) is 11.6. The van der Waals surface area contributed by atoms with Crippen LogP contribution in [0.25, 0.3) is 0 Å². The van der Waals surface area contributed by atoms with E-state index in [-0.39, 0.29) is 11.9 Å². The zero-order valence-electron chi connectivity index (χ0n) is 11.6. The van der Waals surface area contributed by atoms with Gasteiger partial charge in [-0.1, -0.05) is 13.0 Å². The minimum Gasteiger partial charge on any atom is -0.355 e. The Morgan fingerprint density at radius 1 is 1.32 bits per heavy atom. The first-order chi connectivity index (χ1) is 9.26. The van der Waals surface area contributed by atoms with Gasteiger partial charge in [-0.3, -0.25) is 4.79 Å². The number of rotatable bonds is 2. The summed E-state index contributed by atoms with van der Waals surface area (Å²) in [7, 11) is 0. The number of hydrogen-bond acceptors (Lipinski definition) is 3. The SMILES string of the molecule is CCc1ccc2c(c1)N1CCNCC1C(=O)N2CC. The maximum Gasteiger partial charge on any atom is 0.251 e. The second kappa shape index (κ2) is 4.85. The van der Waals surface area contributed by atoms with E-state index in [1.54, 1.807) is 0 Å². The van der Waals surface area contributed by atoms with Gasteiger partial charge in [0.25, 0.3) is 5.91 Å². The summed E-state index contributed by atoms with van der Waals surface area (Å²) in [4.78, 5) is 16.7. The minimum absolute atomic E-state index is 0.0340. The third kappa shape index (κ3) is 1.91. The van der Waals surface area contributed by atoms with Crippen molar-refractivity contribution in [3.8, 4) is 0 Å². The Morgan fingerprint density at radius 3 is 2.89 bits per heavy atom. The first-order valence-corrected chi connectivity index (χ1v) is 7.18. The van der Waals surface area contributed by atoms with E-state index in [0.717, 1.165) is 38.3 Å². The largest absolute Gasteiger partial charge is 0.355 e. The van der Waals surface area contributed by atoms with Crippen LogP contribution >= 0.6 is 0 Å². The van der Waals surface area contributed by atoms with Gasteiger partial charge in [0.1, 0.15) is 6.04 Å². The summed E-state index contributed by atoms with van der Waals surface area (Å²) < 4.78 is 0. The molecule has 1 aromatic carbocycles. The zero-order chi connectivity index (χ0) is 13.4. The molecule has 1 amide bonds. The lowest BCUT2D eigenvalue weighted by Gasteiger charge is -2.45. The van der Waals surface area contributed by atoms with Gasteiger partial charge in [-0.05, 0) is 31.0 Å². The highest BCUT2D eigenvalue weighted by Gasteiger charge is 2.38. The Hall–Kier alpha value is -1.55. The van der Waals surface area contributed by atoms with Gasteiger partial charge in [-0.25, -0.2) is 0 Å². The van der Waals surface area contributed by atoms with Crippen LogP contribution in [0.15, 0.2) is 18.2 Å². The molecule has 0 aliphatic carbocycles. The smallest absolute Gasteiger partial charge is 0.251 e. The molecule has 19 heavy (non-hydrogen) atoms. The van der Waals surface area contributed by atoms with E-state index in [0.29, 0.717) is 0 Å². The lowest BCUT2D eigenvalue weighted by Crippen LogP contribution is -2.61. The predicted octanol–water partition coefficient (Wildman–Crippen LogP) is 1.39. The number of aryl methyl sites for hydroxylation is 1. The molecule has 1 atom stereocenters. The molecular formula is C15H21N3O. The second-order valence-corrected chi connectivity index (χ2v) is 5.17. The summed E-state index contributed by atoms with van der Waals surface area (Å²) in [5.41, 5.74) is 3.64. The molecule has 0 radical (unpaired) electrons. The topological polar surface area (TPSA) is 35.6 Å². The number of nitrogens with zero attached hydrogens (tertiary/aromatic N) is 2. The summed E-state index contributed by atoms with van der Waals surface area (Å²) >= 11 is 0. The van der Waals surface area contributed by atoms with Gasteiger partial charge >= 0.3 is 0 Å². The van der Waals surface area contributed by atoms with Crippen LogP contribution in [0.5, 0.6) is 0 Å². The fourth-order valence-corrected chi connectivity index (χ4v) is 3.09.